The summed E-state index contributed by atoms with van der Waals surface area (Å²) in [4.78, 5) is 0. The molecule has 4 nitrogen and oxygen atoms in total. The van der Waals surface area contributed by atoms with Crippen molar-refractivity contribution in [2.24, 2.45) is 5.73 Å². The van der Waals surface area contributed by atoms with E-state index in [0.29, 0.717) is 0 Å². The highest BCUT2D eigenvalue weighted by molar-refractivity contribution is 7.11. The molecule has 0 saturated carbocycles. The van der Waals surface area contributed by atoms with Gasteiger partial charge in [-0.15, -0.1) is 10.2 Å². The van der Waals surface area contributed by atoms with Crippen LogP contribution in [0.1, 0.15) is 35.0 Å². The van der Waals surface area contributed by atoms with Gasteiger partial charge in [-0.05, 0) is 12.5 Å². The first kappa shape index (κ1) is 13.0. The van der Waals surface area contributed by atoms with Gasteiger partial charge in [0.15, 0.2) is 0 Å². The molecule has 0 radical (unpaired) electrons. The van der Waals surface area contributed by atoms with Gasteiger partial charge >= 0.3 is 0 Å². The number of methoxy groups -OCH3 is 1. The predicted molar refractivity (Wildman–Crippen MR) is 72.9 cm³/mol. The van der Waals surface area contributed by atoms with Gasteiger partial charge in [-0.25, -0.2) is 0 Å². The van der Waals surface area contributed by atoms with Crippen LogP contribution in [0.5, 0.6) is 5.75 Å². The third-order valence-corrected chi connectivity index (χ3v) is 3.83. The highest BCUT2D eigenvalue weighted by Crippen LogP contribution is 2.24. The van der Waals surface area contributed by atoms with Crippen molar-refractivity contribution in [2.75, 3.05) is 7.11 Å². The van der Waals surface area contributed by atoms with Gasteiger partial charge < -0.3 is 10.5 Å². The zero-order valence-electron chi connectivity index (χ0n) is 10.6. The van der Waals surface area contributed by atoms with Crippen molar-refractivity contribution in [1.29, 1.82) is 0 Å². The van der Waals surface area contributed by atoms with Gasteiger partial charge in [0, 0.05) is 12.0 Å². The second-order valence-corrected chi connectivity index (χ2v) is 5.13. The van der Waals surface area contributed by atoms with Crippen molar-refractivity contribution >= 4 is 11.3 Å². The Hall–Kier alpha value is -1.46. The minimum atomic E-state index is -0.00563. The molecule has 1 heterocycles. The molecule has 0 amide bonds. The van der Waals surface area contributed by atoms with E-state index in [9.17, 15) is 0 Å². The summed E-state index contributed by atoms with van der Waals surface area (Å²) in [6.07, 6.45) is 1.61. The fourth-order valence-electron chi connectivity index (χ4n) is 1.67. The summed E-state index contributed by atoms with van der Waals surface area (Å²) in [5.74, 6) is 0.883. The summed E-state index contributed by atoms with van der Waals surface area (Å²) in [6.45, 7) is 2.05. The third-order valence-electron chi connectivity index (χ3n) is 2.77. The van der Waals surface area contributed by atoms with Crippen LogP contribution in [0.4, 0.5) is 0 Å². The zero-order chi connectivity index (χ0) is 13.0. The van der Waals surface area contributed by atoms with Gasteiger partial charge in [0.2, 0.25) is 0 Å². The molecule has 18 heavy (non-hydrogen) atoms. The molecule has 96 valence electrons. The molecule has 0 aliphatic carbocycles. The average molecular weight is 263 g/mol. The molecule has 0 aliphatic heterocycles. The lowest BCUT2D eigenvalue weighted by atomic mass is 10.1. The van der Waals surface area contributed by atoms with Crippen LogP contribution in [0.3, 0.4) is 0 Å². The number of hydrogen-bond acceptors (Lipinski definition) is 5. The van der Waals surface area contributed by atoms with Crippen molar-refractivity contribution in [1.82, 2.24) is 10.2 Å². The predicted octanol–water partition coefficient (Wildman–Crippen LogP) is 2.55. The van der Waals surface area contributed by atoms with E-state index in [1.54, 1.807) is 18.4 Å². The number of nitrogens with two attached hydrogens (primary N) is 1. The van der Waals surface area contributed by atoms with Crippen LogP contribution < -0.4 is 10.5 Å². The van der Waals surface area contributed by atoms with Gasteiger partial charge in [0.05, 0.1) is 13.2 Å². The van der Waals surface area contributed by atoms with Gasteiger partial charge in [0.25, 0.3) is 0 Å². The van der Waals surface area contributed by atoms with Gasteiger partial charge in [0.1, 0.15) is 15.8 Å². The topological polar surface area (TPSA) is 61.0 Å². The lowest BCUT2D eigenvalue weighted by Crippen LogP contribution is -2.07. The Balaban J connectivity index is 2.16. The number of hydrogen-bond donors (Lipinski definition) is 1. The lowest BCUT2D eigenvalue weighted by Gasteiger charge is -2.05. The van der Waals surface area contributed by atoms with Crippen molar-refractivity contribution in [2.45, 2.75) is 25.8 Å². The van der Waals surface area contributed by atoms with Crippen LogP contribution in [-0.4, -0.2) is 17.3 Å². The van der Waals surface area contributed by atoms with E-state index in [0.717, 1.165) is 34.2 Å². The van der Waals surface area contributed by atoms with Crippen molar-refractivity contribution < 1.29 is 4.74 Å². The SMILES string of the molecule is CCC(N)c1nnc(Cc2ccccc2OC)s1. The van der Waals surface area contributed by atoms with Crippen LogP contribution in [0.25, 0.3) is 0 Å². The number of para-hydroxylation sites is 1. The minimum Gasteiger partial charge on any atom is -0.496 e. The number of rotatable bonds is 5. The molecule has 1 aromatic carbocycles. The Morgan fingerprint density at radius 2 is 2.11 bits per heavy atom. The summed E-state index contributed by atoms with van der Waals surface area (Å²) in [5, 5.41) is 10.2. The van der Waals surface area contributed by atoms with E-state index in [1.807, 2.05) is 31.2 Å². The molecule has 0 fully saturated rings. The second kappa shape index (κ2) is 5.93. The van der Waals surface area contributed by atoms with Gasteiger partial charge in [-0.1, -0.05) is 36.5 Å². The molecule has 0 aliphatic rings. The first-order chi connectivity index (χ1) is 8.74. The Labute approximate surface area is 111 Å². The molecule has 0 saturated heterocycles. The number of ether oxygens (including phenoxy) is 1. The molecule has 2 N–H and O–H groups in total. The standard InChI is InChI=1S/C13H17N3OS/c1-3-10(14)13-16-15-12(18-13)8-9-6-4-5-7-11(9)17-2/h4-7,10H,3,8,14H2,1-2H3. The fraction of sp³-hybridized carbons (Fsp3) is 0.385. The van der Waals surface area contributed by atoms with Crippen molar-refractivity contribution in [3.8, 4) is 5.75 Å². The van der Waals surface area contributed by atoms with Crippen LogP contribution in [0.2, 0.25) is 0 Å². The third kappa shape index (κ3) is 2.86. The summed E-state index contributed by atoms with van der Waals surface area (Å²) < 4.78 is 5.32. The Morgan fingerprint density at radius 3 is 2.83 bits per heavy atom. The summed E-state index contributed by atoms with van der Waals surface area (Å²) in [5.41, 5.74) is 7.06. The average Bonchev–Trinajstić information content (AvgIpc) is 2.87. The molecule has 0 spiro atoms. The van der Waals surface area contributed by atoms with E-state index in [1.165, 1.54) is 0 Å². The van der Waals surface area contributed by atoms with Crippen LogP contribution in [-0.2, 0) is 6.42 Å². The van der Waals surface area contributed by atoms with Crippen LogP contribution >= 0.6 is 11.3 Å². The van der Waals surface area contributed by atoms with Crippen molar-refractivity contribution in [3.05, 3.63) is 39.8 Å². The monoisotopic (exact) mass is 263 g/mol. The maximum atomic E-state index is 5.94. The maximum absolute atomic E-state index is 5.94. The molecule has 1 unspecified atom stereocenters. The van der Waals surface area contributed by atoms with E-state index in [2.05, 4.69) is 10.2 Å². The Morgan fingerprint density at radius 1 is 1.33 bits per heavy atom. The number of benzene rings is 1. The first-order valence-electron chi connectivity index (χ1n) is 5.94. The quantitative estimate of drug-likeness (QED) is 0.900. The largest absolute Gasteiger partial charge is 0.496 e. The van der Waals surface area contributed by atoms with Crippen LogP contribution in [0.15, 0.2) is 24.3 Å². The molecule has 1 atom stereocenters. The van der Waals surface area contributed by atoms with Crippen LogP contribution in [0, 0.1) is 0 Å². The smallest absolute Gasteiger partial charge is 0.134 e. The number of aromatic nitrogens is 2. The minimum absolute atomic E-state index is 0.00563. The van der Waals surface area contributed by atoms with E-state index < -0.39 is 0 Å². The van der Waals surface area contributed by atoms with E-state index in [4.69, 9.17) is 10.5 Å². The second-order valence-electron chi connectivity index (χ2n) is 4.04. The van der Waals surface area contributed by atoms with Gasteiger partial charge in [-0.2, -0.15) is 0 Å². The molecule has 2 rings (SSSR count). The summed E-state index contributed by atoms with van der Waals surface area (Å²) >= 11 is 1.58. The molecule has 2 aromatic rings. The molecular formula is C13H17N3OS. The zero-order valence-corrected chi connectivity index (χ0v) is 11.4. The molecule has 1 aromatic heterocycles. The summed E-state index contributed by atoms with van der Waals surface area (Å²) in [6, 6.07) is 7.95. The highest BCUT2D eigenvalue weighted by Gasteiger charge is 2.12. The number of nitrogens with zero attached hydrogens (tertiary/aromatic N) is 2. The molecule has 5 heteroatoms. The maximum Gasteiger partial charge on any atom is 0.134 e. The normalized spacial score (nSPS) is 12.4. The molecular weight excluding hydrogens is 246 g/mol. The summed E-state index contributed by atoms with van der Waals surface area (Å²) in [7, 11) is 1.68. The molecule has 0 bridgehead atoms. The van der Waals surface area contributed by atoms with Gasteiger partial charge in [-0.3, -0.25) is 0 Å². The van der Waals surface area contributed by atoms with E-state index >= 15 is 0 Å². The first-order valence-corrected chi connectivity index (χ1v) is 6.76. The fourth-order valence-corrected chi connectivity index (χ4v) is 2.62. The Kier molecular flexibility index (Phi) is 4.28. The van der Waals surface area contributed by atoms with E-state index in [-0.39, 0.29) is 6.04 Å². The lowest BCUT2D eigenvalue weighted by molar-refractivity contribution is 0.410. The Bertz CT molecular complexity index is 512. The van der Waals surface area contributed by atoms with Crippen molar-refractivity contribution in [3.63, 3.8) is 0 Å². The highest BCUT2D eigenvalue weighted by atomic mass is 32.1.